The molecule has 0 atom stereocenters. The number of nitrogens with zero attached hydrogens (tertiary/aromatic N) is 2. The Balaban J connectivity index is 1.73. The van der Waals surface area contributed by atoms with Gasteiger partial charge in [-0.3, -0.25) is 14.5 Å². The van der Waals surface area contributed by atoms with E-state index in [2.05, 4.69) is 24.1 Å². The van der Waals surface area contributed by atoms with E-state index in [1.165, 1.54) is 0 Å². The number of piperazine rings is 1. The van der Waals surface area contributed by atoms with Crippen LogP contribution in [0.3, 0.4) is 0 Å². The summed E-state index contributed by atoms with van der Waals surface area (Å²) in [7, 11) is 0. The number of amides is 2. The minimum absolute atomic E-state index is 0.00634. The minimum Gasteiger partial charge on any atom is -0.340 e. The number of rotatable bonds is 5. The first-order valence-electron chi connectivity index (χ1n) is 7.89. The third kappa shape index (κ3) is 5.15. The average Bonchev–Trinajstić information content (AvgIpc) is 2.48. The fourth-order valence-corrected chi connectivity index (χ4v) is 2.56. The van der Waals surface area contributed by atoms with Gasteiger partial charge in [-0.1, -0.05) is 32.0 Å². The number of benzene rings is 1. The zero-order chi connectivity index (χ0) is 15.9. The lowest BCUT2D eigenvalue weighted by atomic mass is 10.1. The molecule has 120 valence electrons. The number of anilines is 1. The molecule has 1 saturated heterocycles. The Bertz CT molecular complexity index is 494. The second kappa shape index (κ2) is 7.94. The fraction of sp³-hybridized carbons (Fsp3) is 0.529. The molecule has 1 aliphatic heterocycles. The Morgan fingerprint density at radius 3 is 2.32 bits per heavy atom. The molecule has 0 saturated carbocycles. The summed E-state index contributed by atoms with van der Waals surface area (Å²) in [5, 5.41) is 2.89. The molecule has 1 aromatic carbocycles. The first-order chi connectivity index (χ1) is 10.5. The number of carbonyl (C=O) groups excluding carboxylic acids is 2. The number of carbonyl (C=O) groups is 2. The second-order valence-corrected chi connectivity index (χ2v) is 6.17. The van der Waals surface area contributed by atoms with Gasteiger partial charge in [0.25, 0.3) is 0 Å². The van der Waals surface area contributed by atoms with Crippen molar-refractivity contribution >= 4 is 17.5 Å². The standard InChI is InChI=1S/C17H25N3O2/c1-14(2)12-17(22)20-10-8-19(9-11-20)13-16(21)18-15-6-4-3-5-7-15/h3-7,14H,8-13H2,1-2H3,(H,18,21). The van der Waals surface area contributed by atoms with Gasteiger partial charge in [0.1, 0.15) is 0 Å². The van der Waals surface area contributed by atoms with E-state index in [-0.39, 0.29) is 11.8 Å². The summed E-state index contributed by atoms with van der Waals surface area (Å²) < 4.78 is 0. The monoisotopic (exact) mass is 303 g/mol. The van der Waals surface area contributed by atoms with Crippen LogP contribution in [0.25, 0.3) is 0 Å². The third-order valence-corrected chi connectivity index (χ3v) is 3.73. The predicted octanol–water partition coefficient (Wildman–Crippen LogP) is 1.82. The quantitative estimate of drug-likeness (QED) is 0.902. The van der Waals surface area contributed by atoms with E-state index in [1.807, 2.05) is 35.2 Å². The van der Waals surface area contributed by atoms with Crippen LogP contribution in [0.5, 0.6) is 0 Å². The summed E-state index contributed by atoms with van der Waals surface area (Å²) in [5.74, 6) is 0.610. The van der Waals surface area contributed by atoms with Gasteiger partial charge in [-0.25, -0.2) is 0 Å². The lowest BCUT2D eigenvalue weighted by molar-refractivity contribution is -0.133. The van der Waals surface area contributed by atoms with Gasteiger partial charge < -0.3 is 10.2 Å². The summed E-state index contributed by atoms with van der Waals surface area (Å²) >= 11 is 0. The number of para-hydroxylation sites is 1. The molecule has 0 spiro atoms. The van der Waals surface area contributed by atoms with Crippen molar-refractivity contribution in [3.8, 4) is 0 Å². The van der Waals surface area contributed by atoms with Crippen LogP contribution in [0.4, 0.5) is 5.69 Å². The predicted molar refractivity (Wildman–Crippen MR) is 87.5 cm³/mol. The van der Waals surface area contributed by atoms with Crippen molar-refractivity contribution in [1.29, 1.82) is 0 Å². The highest BCUT2D eigenvalue weighted by atomic mass is 16.2. The molecule has 5 nitrogen and oxygen atoms in total. The van der Waals surface area contributed by atoms with E-state index in [9.17, 15) is 9.59 Å². The van der Waals surface area contributed by atoms with Gasteiger partial charge >= 0.3 is 0 Å². The summed E-state index contributed by atoms with van der Waals surface area (Å²) in [6.07, 6.45) is 0.606. The Kier molecular flexibility index (Phi) is 5.95. The van der Waals surface area contributed by atoms with E-state index >= 15 is 0 Å². The molecule has 2 amide bonds. The van der Waals surface area contributed by atoms with Gasteiger partial charge in [0.05, 0.1) is 6.54 Å². The summed E-state index contributed by atoms with van der Waals surface area (Å²) in [4.78, 5) is 28.0. The van der Waals surface area contributed by atoms with Gasteiger partial charge in [0.2, 0.25) is 11.8 Å². The van der Waals surface area contributed by atoms with Gasteiger partial charge in [-0.15, -0.1) is 0 Å². The van der Waals surface area contributed by atoms with Crippen molar-refractivity contribution in [3.63, 3.8) is 0 Å². The van der Waals surface area contributed by atoms with Gasteiger partial charge in [0, 0.05) is 38.3 Å². The van der Waals surface area contributed by atoms with Crippen LogP contribution in [0.1, 0.15) is 20.3 Å². The smallest absolute Gasteiger partial charge is 0.238 e. The van der Waals surface area contributed by atoms with Gasteiger partial charge in [0.15, 0.2) is 0 Å². The third-order valence-electron chi connectivity index (χ3n) is 3.73. The molecule has 0 bridgehead atoms. The highest BCUT2D eigenvalue weighted by Crippen LogP contribution is 2.09. The molecular weight excluding hydrogens is 278 g/mol. The molecule has 1 N–H and O–H groups in total. The highest BCUT2D eigenvalue weighted by molar-refractivity contribution is 5.92. The van der Waals surface area contributed by atoms with Crippen LogP contribution in [0, 0.1) is 5.92 Å². The van der Waals surface area contributed by atoms with Gasteiger partial charge in [-0.2, -0.15) is 0 Å². The Hall–Kier alpha value is -1.88. The van der Waals surface area contributed by atoms with E-state index in [1.54, 1.807) is 0 Å². The largest absolute Gasteiger partial charge is 0.340 e. The van der Waals surface area contributed by atoms with Gasteiger partial charge in [-0.05, 0) is 18.1 Å². The van der Waals surface area contributed by atoms with Crippen molar-refractivity contribution in [2.75, 3.05) is 38.0 Å². The summed E-state index contributed by atoms with van der Waals surface area (Å²) in [6, 6.07) is 9.47. The van der Waals surface area contributed by atoms with E-state index in [0.29, 0.717) is 32.0 Å². The molecule has 0 unspecified atom stereocenters. The molecule has 1 fully saturated rings. The SMILES string of the molecule is CC(C)CC(=O)N1CCN(CC(=O)Nc2ccccc2)CC1. The summed E-state index contributed by atoms with van der Waals surface area (Å²) in [5.41, 5.74) is 0.818. The molecule has 2 rings (SSSR count). The van der Waals surface area contributed by atoms with Crippen molar-refractivity contribution < 1.29 is 9.59 Å². The number of hydrogen-bond donors (Lipinski definition) is 1. The molecule has 0 aliphatic carbocycles. The molecule has 0 radical (unpaired) electrons. The second-order valence-electron chi connectivity index (χ2n) is 6.17. The average molecular weight is 303 g/mol. The van der Waals surface area contributed by atoms with E-state index in [0.717, 1.165) is 18.8 Å². The fourth-order valence-electron chi connectivity index (χ4n) is 2.56. The lowest BCUT2D eigenvalue weighted by Crippen LogP contribution is -2.50. The number of nitrogens with one attached hydrogen (secondary N) is 1. The zero-order valence-electron chi connectivity index (χ0n) is 13.4. The molecule has 1 heterocycles. The Labute approximate surface area is 132 Å². The van der Waals surface area contributed by atoms with Crippen molar-refractivity contribution in [2.45, 2.75) is 20.3 Å². The first-order valence-corrected chi connectivity index (χ1v) is 7.89. The maximum Gasteiger partial charge on any atom is 0.238 e. The zero-order valence-corrected chi connectivity index (χ0v) is 13.4. The molecule has 1 aromatic rings. The highest BCUT2D eigenvalue weighted by Gasteiger charge is 2.22. The minimum atomic E-state index is -0.00634. The number of hydrogen-bond acceptors (Lipinski definition) is 3. The van der Waals surface area contributed by atoms with Crippen LogP contribution >= 0.6 is 0 Å². The van der Waals surface area contributed by atoms with Crippen molar-refractivity contribution in [1.82, 2.24) is 9.80 Å². The van der Waals surface area contributed by atoms with Crippen molar-refractivity contribution in [3.05, 3.63) is 30.3 Å². The first kappa shape index (κ1) is 16.5. The van der Waals surface area contributed by atoms with Crippen LogP contribution < -0.4 is 5.32 Å². The normalized spacial score (nSPS) is 15.9. The van der Waals surface area contributed by atoms with E-state index in [4.69, 9.17) is 0 Å². The molecule has 22 heavy (non-hydrogen) atoms. The maximum atomic E-state index is 12.0. The molecule has 0 aromatic heterocycles. The summed E-state index contributed by atoms with van der Waals surface area (Å²) in [6.45, 7) is 7.43. The Morgan fingerprint density at radius 2 is 1.73 bits per heavy atom. The Morgan fingerprint density at radius 1 is 1.09 bits per heavy atom. The molecule has 1 aliphatic rings. The molecule has 5 heteroatoms. The maximum absolute atomic E-state index is 12.0. The van der Waals surface area contributed by atoms with Crippen LogP contribution in [-0.4, -0.2) is 54.3 Å². The lowest BCUT2D eigenvalue weighted by Gasteiger charge is -2.34. The topological polar surface area (TPSA) is 52.7 Å². The van der Waals surface area contributed by atoms with Crippen LogP contribution in [0.2, 0.25) is 0 Å². The molecular formula is C17H25N3O2. The van der Waals surface area contributed by atoms with Crippen LogP contribution in [-0.2, 0) is 9.59 Å². The van der Waals surface area contributed by atoms with Crippen LogP contribution in [0.15, 0.2) is 30.3 Å². The van der Waals surface area contributed by atoms with E-state index < -0.39 is 0 Å². The van der Waals surface area contributed by atoms with Crippen molar-refractivity contribution in [2.24, 2.45) is 5.92 Å².